The molecule has 0 unspecified atom stereocenters. The summed E-state index contributed by atoms with van der Waals surface area (Å²) in [6.45, 7) is 0.530. The lowest BCUT2D eigenvalue weighted by Gasteiger charge is -2.39. The molecule has 3 aliphatic rings. The predicted molar refractivity (Wildman–Crippen MR) is 91.9 cm³/mol. The van der Waals surface area contributed by atoms with Gasteiger partial charge in [0.25, 0.3) is 5.91 Å². The van der Waals surface area contributed by atoms with Gasteiger partial charge in [-0.15, -0.1) is 0 Å². The minimum Gasteiger partial charge on any atom is -0.362 e. The standard InChI is InChI=1S/C18H22N4O3/c23-15(19-12-5-6-12)11-22-10-9-18(8-7-16(22)24)20-14-4-2-1-3-13(14)17(25)21-18/h1-4,12,20H,5-11H2,(H,19,23)(H,21,25)/t18-/m1/s1. The van der Waals surface area contributed by atoms with E-state index in [4.69, 9.17) is 0 Å². The highest BCUT2D eigenvalue weighted by molar-refractivity contribution is 6.02. The molecular weight excluding hydrogens is 320 g/mol. The predicted octanol–water partition coefficient (Wildman–Crippen LogP) is 0.829. The molecule has 1 saturated carbocycles. The van der Waals surface area contributed by atoms with Crippen LogP contribution in [0.3, 0.4) is 0 Å². The van der Waals surface area contributed by atoms with Crippen LogP contribution in [0.15, 0.2) is 24.3 Å². The number of likely N-dealkylation sites (tertiary alicyclic amines) is 1. The Labute approximate surface area is 146 Å². The van der Waals surface area contributed by atoms with Gasteiger partial charge in [0.1, 0.15) is 5.66 Å². The van der Waals surface area contributed by atoms with Gasteiger partial charge in [0.05, 0.1) is 12.1 Å². The molecule has 132 valence electrons. The van der Waals surface area contributed by atoms with E-state index in [-0.39, 0.29) is 30.3 Å². The Bertz CT molecular complexity index is 731. The zero-order valence-electron chi connectivity index (χ0n) is 14.0. The molecule has 0 aromatic heterocycles. The minimum atomic E-state index is -0.636. The second-order valence-corrected chi connectivity index (χ2v) is 7.11. The monoisotopic (exact) mass is 342 g/mol. The van der Waals surface area contributed by atoms with E-state index >= 15 is 0 Å². The van der Waals surface area contributed by atoms with E-state index in [1.807, 2.05) is 18.2 Å². The zero-order valence-corrected chi connectivity index (χ0v) is 14.0. The summed E-state index contributed by atoms with van der Waals surface area (Å²) in [7, 11) is 0. The Balaban J connectivity index is 1.46. The minimum absolute atomic E-state index is 0.0438. The van der Waals surface area contributed by atoms with Gasteiger partial charge in [-0.05, 0) is 31.4 Å². The number of fused-ring (bicyclic) bond motifs is 1. The number of carbonyl (C=O) groups excluding carboxylic acids is 3. The molecule has 1 aromatic carbocycles. The maximum absolute atomic E-state index is 12.4. The molecule has 0 radical (unpaired) electrons. The highest BCUT2D eigenvalue weighted by Crippen LogP contribution is 2.31. The van der Waals surface area contributed by atoms with Crippen molar-refractivity contribution >= 4 is 23.4 Å². The SMILES string of the molecule is O=C(CN1CC[C@@]2(CCC1=O)NC(=O)c1ccccc1N2)NC1CC1. The van der Waals surface area contributed by atoms with Crippen molar-refractivity contribution in [1.29, 1.82) is 0 Å². The number of carbonyl (C=O) groups is 3. The molecule has 1 aromatic rings. The van der Waals surface area contributed by atoms with Crippen LogP contribution in [0, 0.1) is 0 Å². The van der Waals surface area contributed by atoms with Crippen LogP contribution in [0.5, 0.6) is 0 Å². The first kappa shape index (κ1) is 15.9. The Morgan fingerprint density at radius 2 is 2.00 bits per heavy atom. The van der Waals surface area contributed by atoms with E-state index < -0.39 is 5.66 Å². The van der Waals surface area contributed by atoms with Crippen LogP contribution in [-0.4, -0.2) is 47.4 Å². The van der Waals surface area contributed by atoms with Gasteiger partial charge in [0, 0.05) is 31.1 Å². The average Bonchev–Trinajstić information content (AvgIpc) is 3.41. The molecule has 1 aliphatic carbocycles. The van der Waals surface area contributed by atoms with Crippen LogP contribution in [0.2, 0.25) is 0 Å². The lowest BCUT2D eigenvalue weighted by atomic mass is 9.95. The van der Waals surface area contributed by atoms with Crippen molar-refractivity contribution in [3.8, 4) is 0 Å². The Morgan fingerprint density at radius 3 is 2.80 bits per heavy atom. The van der Waals surface area contributed by atoms with Crippen molar-refractivity contribution < 1.29 is 14.4 Å². The van der Waals surface area contributed by atoms with Gasteiger partial charge in [-0.25, -0.2) is 0 Å². The summed E-state index contributed by atoms with van der Waals surface area (Å²) in [6, 6.07) is 7.66. The van der Waals surface area contributed by atoms with Crippen molar-refractivity contribution in [2.45, 2.75) is 43.8 Å². The van der Waals surface area contributed by atoms with Crippen LogP contribution >= 0.6 is 0 Å². The third-order valence-corrected chi connectivity index (χ3v) is 5.10. The summed E-state index contributed by atoms with van der Waals surface area (Å²) in [4.78, 5) is 38.4. The van der Waals surface area contributed by atoms with Gasteiger partial charge in [-0.2, -0.15) is 0 Å². The van der Waals surface area contributed by atoms with Crippen LogP contribution in [-0.2, 0) is 9.59 Å². The maximum atomic E-state index is 12.4. The van der Waals surface area contributed by atoms with E-state index in [1.165, 1.54) is 0 Å². The molecule has 0 bridgehead atoms. The molecule has 25 heavy (non-hydrogen) atoms. The molecule has 3 N–H and O–H groups in total. The highest BCUT2D eigenvalue weighted by atomic mass is 16.2. The quantitative estimate of drug-likeness (QED) is 0.759. The first-order valence-corrected chi connectivity index (χ1v) is 8.82. The number of anilines is 1. The number of para-hydroxylation sites is 1. The summed E-state index contributed by atoms with van der Waals surface area (Å²) in [5.74, 6) is -0.266. The van der Waals surface area contributed by atoms with Crippen molar-refractivity contribution in [3.05, 3.63) is 29.8 Å². The highest BCUT2D eigenvalue weighted by Gasteiger charge is 2.40. The number of hydrogen-bond donors (Lipinski definition) is 3. The topological polar surface area (TPSA) is 90.5 Å². The number of amides is 3. The Kier molecular flexibility index (Phi) is 3.86. The Morgan fingerprint density at radius 1 is 1.20 bits per heavy atom. The first-order valence-electron chi connectivity index (χ1n) is 8.82. The lowest BCUT2D eigenvalue weighted by Crippen LogP contribution is -2.58. The molecule has 3 amide bonds. The summed E-state index contributed by atoms with van der Waals surface area (Å²) in [6.07, 6.45) is 3.42. The fraction of sp³-hybridized carbons (Fsp3) is 0.500. The molecule has 1 spiro atoms. The molecule has 1 atom stereocenters. The van der Waals surface area contributed by atoms with Crippen molar-refractivity contribution in [2.24, 2.45) is 0 Å². The van der Waals surface area contributed by atoms with Crippen molar-refractivity contribution in [1.82, 2.24) is 15.5 Å². The number of hydrogen-bond acceptors (Lipinski definition) is 4. The molecule has 2 aliphatic heterocycles. The second-order valence-electron chi connectivity index (χ2n) is 7.11. The zero-order chi connectivity index (χ0) is 17.4. The van der Waals surface area contributed by atoms with E-state index in [0.29, 0.717) is 31.4 Å². The van der Waals surface area contributed by atoms with Gasteiger partial charge in [-0.3, -0.25) is 14.4 Å². The molecule has 7 nitrogen and oxygen atoms in total. The third-order valence-electron chi connectivity index (χ3n) is 5.10. The summed E-state index contributed by atoms with van der Waals surface area (Å²) < 4.78 is 0. The van der Waals surface area contributed by atoms with E-state index in [1.54, 1.807) is 11.0 Å². The third kappa shape index (κ3) is 3.31. The van der Waals surface area contributed by atoms with Gasteiger partial charge in [0.2, 0.25) is 11.8 Å². The summed E-state index contributed by atoms with van der Waals surface area (Å²) in [5.41, 5.74) is 0.769. The number of nitrogens with one attached hydrogen (secondary N) is 3. The number of nitrogens with zero attached hydrogens (tertiary/aromatic N) is 1. The summed E-state index contributed by atoms with van der Waals surface area (Å²) >= 11 is 0. The summed E-state index contributed by atoms with van der Waals surface area (Å²) in [5, 5.41) is 9.36. The largest absolute Gasteiger partial charge is 0.362 e. The van der Waals surface area contributed by atoms with E-state index in [0.717, 1.165) is 18.5 Å². The smallest absolute Gasteiger partial charge is 0.255 e. The van der Waals surface area contributed by atoms with Crippen molar-refractivity contribution in [2.75, 3.05) is 18.4 Å². The average molecular weight is 342 g/mol. The maximum Gasteiger partial charge on any atom is 0.255 e. The van der Waals surface area contributed by atoms with Gasteiger partial charge < -0.3 is 20.9 Å². The normalized spacial score (nSPS) is 25.7. The number of rotatable bonds is 3. The van der Waals surface area contributed by atoms with Crippen LogP contribution in [0.1, 0.15) is 42.5 Å². The molecule has 7 heteroatoms. The first-order chi connectivity index (χ1) is 12.0. The molecule has 2 fully saturated rings. The van der Waals surface area contributed by atoms with Gasteiger partial charge in [-0.1, -0.05) is 12.1 Å². The lowest BCUT2D eigenvalue weighted by molar-refractivity contribution is -0.135. The van der Waals surface area contributed by atoms with Crippen molar-refractivity contribution in [3.63, 3.8) is 0 Å². The molecule has 4 rings (SSSR count). The number of benzene rings is 1. The Hall–Kier alpha value is -2.57. The molecular formula is C18H22N4O3. The molecule has 2 heterocycles. The fourth-order valence-corrected chi connectivity index (χ4v) is 3.51. The van der Waals surface area contributed by atoms with Crippen LogP contribution in [0.25, 0.3) is 0 Å². The van der Waals surface area contributed by atoms with Crippen LogP contribution in [0.4, 0.5) is 5.69 Å². The van der Waals surface area contributed by atoms with E-state index in [9.17, 15) is 14.4 Å². The van der Waals surface area contributed by atoms with Crippen LogP contribution < -0.4 is 16.0 Å². The van der Waals surface area contributed by atoms with Gasteiger partial charge >= 0.3 is 0 Å². The molecule has 1 saturated heterocycles. The fourth-order valence-electron chi connectivity index (χ4n) is 3.51. The second kappa shape index (κ2) is 6.06. The van der Waals surface area contributed by atoms with Gasteiger partial charge in [0.15, 0.2) is 0 Å². The van der Waals surface area contributed by atoms with E-state index in [2.05, 4.69) is 16.0 Å².